The predicted octanol–water partition coefficient (Wildman–Crippen LogP) is 5.15. The van der Waals surface area contributed by atoms with E-state index < -0.39 is 12.1 Å². The molecule has 3 rings (SSSR count). The molecule has 0 aliphatic carbocycles. The quantitative estimate of drug-likeness (QED) is 0.318. The van der Waals surface area contributed by atoms with Crippen LogP contribution in [0.15, 0.2) is 50.8 Å². The topological polar surface area (TPSA) is 82.8 Å². The number of halogens is 2. The van der Waals surface area contributed by atoms with E-state index in [2.05, 4.69) is 26.0 Å². The number of carbonyl (C=O) groups excluding carboxylic acids is 1. The Labute approximate surface area is 199 Å². The lowest BCUT2D eigenvalue weighted by molar-refractivity contribution is -0.150. The van der Waals surface area contributed by atoms with Gasteiger partial charge in [0.2, 0.25) is 0 Å². The summed E-state index contributed by atoms with van der Waals surface area (Å²) in [6, 6.07) is 10.3. The first-order valence-corrected chi connectivity index (χ1v) is 11.3. The Bertz CT molecular complexity index is 1240. The molecular formula is C23H23BrClN3O4. The van der Waals surface area contributed by atoms with Crippen molar-refractivity contribution in [2.24, 2.45) is 5.10 Å². The lowest BCUT2D eigenvalue weighted by atomic mass is 10.2. The number of hydrogen-bond donors (Lipinski definition) is 0. The molecule has 0 bridgehead atoms. The molecule has 1 atom stereocenters. The lowest BCUT2D eigenvalue weighted by Gasteiger charge is -2.15. The Balaban J connectivity index is 2.06. The first kappa shape index (κ1) is 23.9. The zero-order valence-corrected chi connectivity index (χ0v) is 20.5. The van der Waals surface area contributed by atoms with Crippen LogP contribution in [0.3, 0.4) is 0 Å². The number of rotatable bonds is 7. The Hall–Kier alpha value is -2.71. The molecule has 0 amide bonds. The van der Waals surface area contributed by atoms with Gasteiger partial charge in [-0.25, -0.2) is 9.78 Å². The maximum Gasteiger partial charge on any atom is 0.347 e. The Kier molecular flexibility index (Phi) is 7.69. The van der Waals surface area contributed by atoms with E-state index in [4.69, 9.17) is 21.1 Å². The summed E-state index contributed by atoms with van der Waals surface area (Å²) in [6.45, 7) is 7.46. The van der Waals surface area contributed by atoms with Crippen LogP contribution in [0, 0.1) is 0 Å². The van der Waals surface area contributed by atoms with Crippen molar-refractivity contribution in [1.82, 2.24) is 9.66 Å². The number of fused-ring (bicyclic) bond motifs is 1. The standard InChI is InChI=1S/C23H23BrClN3O4/c1-5-31-23(30)14(4)32-20-9-7-17(25)10-15(20)12-26-28-21(13(2)3)27-19-8-6-16(24)11-18(19)22(28)29/h6-14H,5H2,1-4H3/t14-/m0/s1. The third kappa shape index (κ3) is 5.37. The van der Waals surface area contributed by atoms with Crippen LogP contribution in [0.4, 0.5) is 0 Å². The highest BCUT2D eigenvalue weighted by atomic mass is 79.9. The average Bonchev–Trinajstić information content (AvgIpc) is 2.75. The molecule has 0 saturated heterocycles. The fourth-order valence-corrected chi connectivity index (χ4v) is 3.54. The molecule has 2 aromatic carbocycles. The first-order chi connectivity index (χ1) is 15.2. The molecule has 168 valence electrons. The Morgan fingerprint density at radius 3 is 2.69 bits per heavy atom. The second-order valence-electron chi connectivity index (χ2n) is 7.34. The molecule has 0 spiro atoms. The summed E-state index contributed by atoms with van der Waals surface area (Å²) < 4.78 is 12.8. The maximum atomic E-state index is 13.2. The second-order valence-corrected chi connectivity index (χ2v) is 8.69. The Morgan fingerprint density at radius 2 is 2.00 bits per heavy atom. The van der Waals surface area contributed by atoms with E-state index in [-0.39, 0.29) is 18.1 Å². The zero-order valence-electron chi connectivity index (χ0n) is 18.1. The van der Waals surface area contributed by atoms with Gasteiger partial charge in [0.05, 0.1) is 23.7 Å². The number of esters is 1. The fraction of sp³-hybridized carbons (Fsp3) is 0.304. The highest BCUT2D eigenvalue weighted by Crippen LogP contribution is 2.24. The van der Waals surface area contributed by atoms with E-state index in [1.165, 1.54) is 10.9 Å². The van der Waals surface area contributed by atoms with Crippen LogP contribution < -0.4 is 10.3 Å². The number of hydrogen-bond acceptors (Lipinski definition) is 6. The van der Waals surface area contributed by atoms with Crippen molar-refractivity contribution in [2.75, 3.05) is 6.61 Å². The number of ether oxygens (including phenoxy) is 2. The molecule has 0 N–H and O–H groups in total. The highest BCUT2D eigenvalue weighted by Gasteiger charge is 2.18. The van der Waals surface area contributed by atoms with Crippen LogP contribution in [-0.2, 0) is 9.53 Å². The van der Waals surface area contributed by atoms with Crippen LogP contribution in [0.5, 0.6) is 5.75 Å². The number of nitrogens with zero attached hydrogens (tertiary/aromatic N) is 3. The predicted molar refractivity (Wildman–Crippen MR) is 129 cm³/mol. The van der Waals surface area contributed by atoms with E-state index in [1.54, 1.807) is 44.2 Å². The zero-order chi connectivity index (χ0) is 23.4. The number of carbonyl (C=O) groups is 1. The van der Waals surface area contributed by atoms with Gasteiger partial charge >= 0.3 is 5.97 Å². The van der Waals surface area contributed by atoms with Crippen molar-refractivity contribution in [2.45, 2.75) is 39.7 Å². The Morgan fingerprint density at radius 1 is 1.25 bits per heavy atom. The molecule has 0 radical (unpaired) electrons. The van der Waals surface area contributed by atoms with Gasteiger partial charge in [-0.3, -0.25) is 4.79 Å². The third-order valence-corrected chi connectivity index (χ3v) is 5.28. The summed E-state index contributed by atoms with van der Waals surface area (Å²) in [5, 5.41) is 5.32. The van der Waals surface area contributed by atoms with Crippen molar-refractivity contribution >= 4 is 50.6 Å². The van der Waals surface area contributed by atoms with Gasteiger partial charge in [-0.2, -0.15) is 9.78 Å². The van der Waals surface area contributed by atoms with E-state index in [0.717, 1.165) is 4.47 Å². The van der Waals surface area contributed by atoms with Gasteiger partial charge in [-0.05, 0) is 50.2 Å². The van der Waals surface area contributed by atoms with Crippen LogP contribution in [0.1, 0.15) is 45.0 Å². The van der Waals surface area contributed by atoms with E-state index >= 15 is 0 Å². The minimum Gasteiger partial charge on any atom is -0.478 e. The molecule has 3 aromatic rings. The van der Waals surface area contributed by atoms with Crippen LogP contribution >= 0.6 is 27.5 Å². The van der Waals surface area contributed by atoms with Crippen molar-refractivity contribution in [3.05, 3.63) is 67.6 Å². The summed E-state index contributed by atoms with van der Waals surface area (Å²) in [5.41, 5.74) is 0.814. The number of benzene rings is 2. The summed E-state index contributed by atoms with van der Waals surface area (Å²) in [5.74, 6) is 0.375. The van der Waals surface area contributed by atoms with Crippen LogP contribution in [-0.4, -0.2) is 34.6 Å². The van der Waals surface area contributed by atoms with Gasteiger partial charge in [0, 0.05) is 21.0 Å². The van der Waals surface area contributed by atoms with Gasteiger partial charge in [-0.15, -0.1) is 0 Å². The highest BCUT2D eigenvalue weighted by molar-refractivity contribution is 9.10. The molecule has 9 heteroatoms. The SMILES string of the molecule is CCOC(=O)[C@H](C)Oc1ccc(Cl)cc1C=Nn1c(C(C)C)nc2ccc(Br)cc2c1=O. The third-order valence-electron chi connectivity index (χ3n) is 4.56. The summed E-state index contributed by atoms with van der Waals surface area (Å²) in [7, 11) is 0. The maximum absolute atomic E-state index is 13.2. The summed E-state index contributed by atoms with van der Waals surface area (Å²) in [4.78, 5) is 29.8. The molecule has 0 aliphatic rings. The normalized spacial score (nSPS) is 12.5. The minimum atomic E-state index is -0.822. The van der Waals surface area contributed by atoms with Crippen LogP contribution in [0.2, 0.25) is 5.02 Å². The van der Waals surface area contributed by atoms with Crippen molar-refractivity contribution in [3.8, 4) is 5.75 Å². The molecule has 1 heterocycles. The van der Waals surface area contributed by atoms with Crippen molar-refractivity contribution in [3.63, 3.8) is 0 Å². The minimum absolute atomic E-state index is 0.0492. The smallest absolute Gasteiger partial charge is 0.347 e. The molecule has 32 heavy (non-hydrogen) atoms. The van der Waals surface area contributed by atoms with Gasteiger partial charge in [-0.1, -0.05) is 41.4 Å². The van der Waals surface area contributed by atoms with Crippen LogP contribution in [0.25, 0.3) is 10.9 Å². The van der Waals surface area contributed by atoms with Gasteiger partial charge in [0.25, 0.3) is 5.56 Å². The van der Waals surface area contributed by atoms with Gasteiger partial charge in [0.1, 0.15) is 11.6 Å². The van der Waals surface area contributed by atoms with Gasteiger partial charge in [0.15, 0.2) is 6.10 Å². The first-order valence-electron chi connectivity index (χ1n) is 10.1. The van der Waals surface area contributed by atoms with Gasteiger partial charge < -0.3 is 9.47 Å². The molecule has 1 aromatic heterocycles. The lowest BCUT2D eigenvalue weighted by Crippen LogP contribution is -2.26. The molecule has 0 fully saturated rings. The fourth-order valence-electron chi connectivity index (χ4n) is 3.00. The van der Waals surface area contributed by atoms with Crippen molar-refractivity contribution in [1.29, 1.82) is 0 Å². The molecule has 7 nitrogen and oxygen atoms in total. The molecule has 0 saturated carbocycles. The molecule has 0 unspecified atom stereocenters. The molecular weight excluding hydrogens is 498 g/mol. The monoisotopic (exact) mass is 519 g/mol. The largest absolute Gasteiger partial charge is 0.478 e. The van der Waals surface area contributed by atoms with E-state index in [0.29, 0.717) is 33.1 Å². The average molecular weight is 521 g/mol. The molecule has 0 aliphatic heterocycles. The van der Waals surface area contributed by atoms with E-state index in [9.17, 15) is 9.59 Å². The second kappa shape index (κ2) is 10.3. The van der Waals surface area contributed by atoms with Crippen molar-refractivity contribution < 1.29 is 14.3 Å². The van der Waals surface area contributed by atoms with E-state index in [1.807, 2.05) is 19.9 Å². The number of aromatic nitrogens is 2. The summed E-state index contributed by atoms with van der Waals surface area (Å²) >= 11 is 9.56. The summed E-state index contributed by atoms with van der Waals surface area (Å²) in [6.07, 6.45) is 0.648.